The topological polar surface area (TPSA) is 134 Å². The van der Waals surface area contributed by atoms with Crippen LogP contribution in [0.5, 0.6) is 0 Å². The van der Waals surface area contributed by atoms with Crippen molar-refractivity contribution in [2.24, 2.45) is 0 Å². The van der Waals surface area contributed by atoms with Gasteiger partial charge in [0.15, 0.2) is 0 Å². The maximum atomic E-state index is 12.7. The fourth-order valence-corrected chi connectivity index (χ4v) is 5.29. The number of aliphatic hydroxyl groups excluding tert-OH is 2. The van der Waals surface area contributed by atoms with Crippen LogP contribution in [-0.2, 0) is 23.1 Å². The molecule has 9 nitrogen and oxygen atoms in total. The van der Waals surface area contributed by atoms with Crippen LogP contribution in [0.4, 0.5) is 9.59 Å². The summed E-state index contributed by atoms with van der Waals surface area (Å²) in [6.07, 6.45) is -3.65. The Kier molecular flexibility index (Phi) is 12.3. The van der Waals surface area contributed by atoms with Crippen LogP contribution in [0.25, 0.3) is 0 Å². The normalized spacial score (nSPS) is 14.6. The molecule has 0 saturated heterocycles. The molecule has 0 unspecified atom stereocenters. The quantitative estimate of drug-likeness (QED) is 0.221. The van der Waals surface area contributed by atoms with Crippen molar-refractivity contribution in [3.05, 3.63) is 108 Å². The van der Waals surface area contributed by atoms with Gasteiger partial charge in [0, 0.05) is 13.1 Å². The molecule has 0 heterocycles. The second-order valence-electron chi connectivity index (χ2n) is 12.6. The van der Waals surface area contributed by atoms with E-state index >= 15 is 0 Å². The fraction of sp³-hybridized carbons (Fsp3) is 0.429. The molecule has 0 aromatic heterocycles. The van der Waals surface area contributed by atoms with Gasteiger partial charge in [-0.1, -0.05) is 91.0 Å². The Morgan fingerprint density at radius 3 is 1.75 bits per heavy atom. The van der Waals surface area contributed by atoms with Gasteiger partial charge in [-0.15, -0.1) is 0 Å². The molecule has 44 heavy (non-hydrogen) atoms. The van der Waals surface area contributed by atoms with Crippen LogP contribution >= 0.6 is 0 Å². The third-order valence-electron chi connectivity index (χ3n) is 7.51. The number of hydrogen-bond acceptors (Lipinski definition) is 7. The van der Waals surface area contributed by atoms with E-state index in [9.17, 15) is 24.9 Å². The molecule has 3 rings (SSSR count). The van der Waals surface area contributed by atoms with Crippen molar-refractivity contribution in [2.45, 2.75) is 82.9 Å². The number of nitrogens with one attached hydrogen (secondary N) is 2. The van der Waals surface area contributed by atoms with Gasteiger partial charge in [0.05, 0.1) is 29.8 Å². The summed E-state index contributed by atoms with van der Waals surface area (Å²) in [5.41, 5.74) is 0.813. The first-order valence-electron chi connectivity index (χ1n) is 15.0. The van der Waals surface area contributed by atoms with Crippen LogP contribution in [0.3, 0.4) is 0 Å². The van der Waals surface area contributed by atoms with Gasteiger partial charge in [-0.05, 0) is 64.2 Å². The smallest absolute Gasteiger partial charge is 0.407 e. The predicted molar refractivity (Wildman–Crippen MR) is 169 cm³/mol. The second-order valence-corrected chi connectivity index (χ2v) is 12.6. The number of alkyl carbamates (subject to hydrolysis) is 1. The number of aliphatic hydroxyl groups is 2. The molecule has 4 atom stereocenters. The number of amides is 2. The first-order chi connectivity index (χ1) is 20.8. The van der Waals surface area contributed by atoms with Crippen molar-refractivity contribution in [3.8, 4) is 0 Å². The molecule has 3 aromatic carbocycles. The van der Waals surface area contributed by atoms with E-state index in [0.717, 1.165) is 16.7 Å². The van der Waals surface area contributed by atoms with Gasteiger partial charge < -0.3 is 40.4 Å². The van der Waals surface area contributed by atoms with Crippen LogP contribution in [0.15, 0.2) is 91.0 Å². The van der Waals surface area contributed by atoms with E-state index in [2.05, 4.69) is 10.6 Å². The summed E-state index contributed by atoms with van der Waals surface area (Å²) in [5.74, 6) is 0. The highest BCUT2D eigenvalue weighted by molar-refractivity contribution is 5.68. The molecule has 3 aromatic rings. The minimum absolute atomic E-state index is 0.0201. The Bertz CT molecular complexity index is 1300. The van der Waals surface area contributed by atoms with Gasteiger partial charge in [-0.25, -0.2) is 4.79 Å². The molecule has 0 saturated carbocycles. The predicted octanol–water partition coefficient (Wildman–Crippen LogP) is 3.63. The summed E-state index contributed by atoms with van der Waals surface area (Å²) in [4.78, 5) is 26.5. The molecule has 4 N–H and O–H groups in total. The van der Waals surface area contributed by atoms with Gasteiger partial charge >= 0.3 is 6.09 Å². The Hall–Kier alpha value is -3.92. The summed E-state index contributed by atoms with van der Waals surface area (Å²) < 4.78 is 5.42. The molecule has 2 amide bonds. The molecule has 238 valence electrons. The van der Waals surface area contributed by atoms with Crippen molar-refractivity contribution in [1.82, 2.24) is 15.5 Å². The minimum Gasteiger partial charge on any atom is -0.530 e. The molecule has 0 spiro atoms. The van der Waals surface area contributed by atoms with Gasteiger partial charge in [-0.2, -0.15) is 0 Å². The van der Waals surface area contributed by atoms with Gasteiger partial charge in [0.25, 0.3) is 0 Å². The number of hydrogen-bond donors (Lipinski definition) is 4. The SMILES string of the molecule is CC(C)(C)OC(=O)N[C@@H](Cc1ccccc1)[C@H](O)CNC[C@@H](O)[C@H](Cc1ccccc1)N(C(=O)[O-])C(C)(C)c1ccccc1. The Morgan fingerprint density at radius 2 is 1.25 bits per heavy atom. The van der Waals surface area contributed by atoms with Gasteiger partial charge in [0.2, 0.25) is 0 Å². The van der Waals surface area contributed by atoms with Gasteiger partial charge in [-0.3, -0.25) is 0 Å². The number of nitrogens with zero attached hydrogens (tertiary/aromatic N) is 1. The molecular weight excluding hydrogens is 558 g/mol. The molecule has 0 aliphatic heterocycles. The maximum Gasteiger partial charge on any atom is 0.407 e. The van der Waals surface area contributed by atoms with E-state index in [1.807, 2.05) is 91.0 Å². The van der Waals surface area contributed by atoms with Crippen LogP contribution in [-0.4, -0.2) is 70.3 Å². The zero-order valence-electron chi connectivity index (χ0n) is 26.3. The Balaban J connectivity index is 1.78. The van der Waals surface area contributed by atoms with Crippen LogP contribution in [0, 0.1) is 0 Å². The number of rotatable bonds is 14. The van der Waals surface area contributed by atoms with E-state index in [-0.39, 0.29) is 19.5 Å². The third kappa shape index (κ3) is 10.4. The highest BCUT2D eigenvalue weighted by atomic mass is 16.6. The van der Waals surface area contributed by atoms with Crippen molar-refractivity contribution in [2.75, 3.05) is 13.1 Å². The average Bonchev–Trinajstić information content (AvgIpc) is 2.96. The van der Waals surface area contributed by atoms with Crippen LogP contribution < -0.4 is 15.7 Å². The lowest BCUT2D eigenvalue weighted by molar-refractivity contribution is -0.276. The van der Waals surface area contributed by atoms with Crippen molar-refractivity contribution in [1.29, 1.82) is 0 Å². The van der Waals surface area contributed by atoms with Crippen LogP contribution in [0.2, 0.25) is 0 Å². The summed E-state index contributed by atoms with van der Waals surface area (Å²) in [6.45, 7) is 8.87. The molecule has 0 bridgehead atoms. The lowest BCUT2D eigenvalue weighted by Crippen LogP contribution is -2.61. The number of carboxylic acid groups (broad SMARTS) is 1. The zero-order valence-corrected chi connectivity index (χ0v) is 26.3. The lowest BCUT2D eigenvalue weighted by atomic mass is 9.88. The monoisotopic (exact) mass is 604 g/mol. The Morgan fingerprint density at radius 1 is 0.773 bits per heavy atom. The molecule has 9 heteroatoms. The molecule has 0 fully saturated rings. The molecule has 0 aliphatic rings. The van der Waals surface area contributed by atoms with E-state index in [1.54, 1.807) is 34.6 Å². The first-order valence-corrected chi connectivity index (χ1v) is 15.0. The summed E-state index contributed by atoms with van der Waals surface area (Å²) in [7, 11) is 0. The molecule has 0 aliphatic carbocycles. The Labute approximate surface area is 260 Å². The largest absolute Gasteiger partial charge is 0.530 e. The lowest BCUT2D eigenvalue weighted by Gasteiger charge is -2.47. The first kappa shape index (κ1) is 34.6. The zero-order chi connectivity index (χ0) is 32.3. The number of carbonyl (C=O) groups excluding carboxylic acids is 2. The van der Waals surface area contributed by atoms with E-state index in [4.69, 9.17) is 4.74 Å². The van der Waals surface area contributed by atoms with E-state index in [1.165, 1.54) is 4.90 Å². The minimum atomic E-state index is -1.40. The highest BCUT2D eigenvalue weighted by Gasteiger charge is 2.38. The highest BCUT2D eigenvalue weighted by Crippen LogP contribution is 2.31. The summed E-state index contributed by atoms with van der Waals surface area (Å²) in [5, 5.41) is 41.2. The van der Waals surface area contributed by atoms with E-state index in [0.29, 0.717) is 6.42 Å². The second kappa shape index (κ2) is 15.7. The average molecular weight is 605 g/mol. The van der Waals surface area contributed by atoms with Crippen molar-refractivity contribution < 1.29 is 29.6 Å². The standard InChI is InChI=1S/C35H47N3O6/c1-34(2,3)44-32(41)37-28(21-25-15-9-6-10-16-25)30(39)23-36-24-31(40)29(22-26-17-11-7-12-18-26)38(33(42)43)35(4,5)27-19-13-8-14-20-27/h6-20,28-31,36,39-40H,21-24H2,1-5H3,(H,37,41)(H,42,43)/p-1/t28-,29-,30+,31+/m0/s1. The molecular formula is C35H46N3O6-. The van der Waals surface area contributed by atoms with Crippen LogP contribution in [0.1, 0.15) is 51.3 Å². The summed E-state index contributed by atoms with van der Waals surface area (Å²) in [6, 6.07) is 26.5. The van der Waals surface area contributed by atoms with Crippen molar-refractivity contribution in [3.63, 3.8) is 0 Å². The van der Waals surface area contributed by atoms with E-state index < -0.39 is 47.6 Å². The fourth-order valence-electron chi connectivity index (χ4n) is 5.29. The number of ether oxygens (including phenoxy) is 1. The van der Waals surface area contributed by atoms with Crippen molar-refractivity contribution >= 4 is 12.2 Å². The molecule has 0 radical (unpaired) electrons. The number of benzene rings is 3. The maximum absolute atomic E-state index is 12.7. The summed E-state index contributed by atoms with van der Waals surface area (Å²) >= 11 is 0. The third-order valence-corrected chi connectivity index (χ3v) is 7.51. The number of carbonyl (C=O) groups is 2. The van der Waals surface area contributed by atoms with Gasteiger partial charge in [0.1, 0.15) is 11.7 Å².